The molecule has 2 N–H and O–H groups in total. The van der Waals surface area contributed by atoms with Gasteiger partial charge >= 0.3 is 5.97 Å². The Morgan fingerprint density at radius 1 is 1.27 bits per heavy atom. The number of methoxy groups -OCH3 is 1. The minimum absolute atomic E-state index is 0.327. The summed E-state index contributed by atoms with van der Waals surface area (Å²) in [4.78, 5) is 11.1. The minimum Gasteiger partial charge on any atom is -0.466 e. The highest BCUT2D eigenvalue weighted by Crippen LogP contribution is 2.39. The Bertz CT molecular complexity index is 611. The smallest absolute Gasteiger partial charge is 0.330 e. The molecular weight excluding hydrogens is 324 g/mol. The third-order valence-corrected chi connectivity index (χ3v) is 6.06. The van der Waals surface area contributed by atoms with Gasteiger partial charge in [0.15, 0.2) is 0 Å². The van der Waals surface area contributed by atoms with Gasteiger partial charge in [-0.1, -0.05) is 37.1 Å². The topological polar surface area (TPSA) is 50.4 Å². The summed E-state index contributed by atoms with van der Waals surface area (Å²) < 4.78 is 4.60. The number of hydrogen-bond acceptors (Lipinski definition) is 4. The van der Waals surface area contributed by atoms with Crippen molar-refractivity contribution in [2.24, 2.45) is 11.8 Å². The van der Waals surface area contributed by atoms with E-state index >= 15 is 0 Å². The van der Waals surface area contributed by atoms with Gasteiger partial charge in [0.25, 0.3) is 0 Å². The predicted molar refractivity (Wildman–Crippen MR) is 106 cm³/mol. The number of hydrogen-bond donors (Lipinski definition) is 2. The van der Waals surface area contributed by atoms with E-state index in [-0.39, 0.29) is 5.97 Å². The van der Waals surface area contributed by atoms with Crippen LogP contribution in [0.25, 0.3) is 6.08 Å². The number of carbonyl (C=O) groups excluding carboxylic acids is 1. The van der Waals surface area contributed by atoms with Crippen LogP contribution in [0.15, 0.2) is 30.3 Å². The molecule has 26 heavy (non-hydrogen) atoms. The molecule has 142 valence electrons. The monoisotopic (exact) mass is 356 g/mol. The van der Waals surface area contributed by atoms with Crippen LogP contribution < -0.4 is 10.6 Å². The normalized spacial score (nSPS) is 28.2. The Balaban J connectivity index is 1.41. The molecule has 1 saturated heterocycles. The highest BCUT2D eigenvalue weighted by atomic mass is 16.5. The lowest BCUT2D eigenvalue weighted by atomic mass is 9.77. The first kappa shape index (κ1) is 19.1. The van der Waals surface area contributed by atoms with Crippen molar-refractivity contribution in [1.82, 2.24) is 10.6 Å². The fraction of sp³-hybridized carbons (Fsp3) is 0.591. The Morgan fingerprint density at radius 2 is 2.04 bits per heavy atom. The SMILES string of the molecule is COC(=O)/C=C/c1ccc(CNCCC2C(C)NC3CCCCC32)cc1. The van der Waals surface area contributed by atoms with E-state index < -0.39 is 0 Å². The number of benzene rings is 1. The molecule has 0 aromatic heterocycles. The Hall–Kier alpha value is -1.65. The van der Waals surface area contributed by atoms with Crippen LogP contribution in [-0.2, 0) is 16.1 Å². The number of nitrogens with one attached hydrogen (secondary N) is 2. The molecule has 2 fully saturated rings. The molecule has 1 saturated carbocycles. The molecule has 0 amide bonds. The van der Waals surface area contributed by atoms with Crippen molar-refractivity contribution in [3.8, 4) is 0 Å². The summed E-state index contributed by atoms with van der Waals surface area (Å²) in [5.41, 5.74) is 2.28. The number of carbonyl (C=O) groups is 1. The fourth-order valence-electron chi connectivity index (χ4n) is 4.66. The highest BCUT2D eigenvalue weighted by molar-refractivity contribution is 5.86. The summed E-state index contributed by atoms with van der Waals surface area (Å²) in [6.07, 6.45) is 10.1. The zero-order chi connectivity index (χ0) is 18.4. The van der Waals surface area contributed by atoms with Crippen molar-refractivity contribution in [3.05, 3.63) is 41.5 Å². The number of fused-ring (bicyclic) bond motifs is 1. The summed E-state index contributed by atoms with van der Waals surface area (Å²) in [5.74, 6) is 1.38. The van der Waals surface area contributed by atoms with Crippen LogP contribution in [0.3, 0.4) is 0 Å². The molecule has 0 radical (unpaired) electrons. The fourth-order valence-corrected chi connectivity index (χ4v) is 4.66. The van der Waals surface area contributed by atoms with Gasteiger partial charge in [-0.3, -0.25) is 0 Å². The predicted octanol–water partition coefficient (Wildman–Crippen LogP) is 3.52. The number of rotatable bonds is 7. The maximum atomic E-state index is 11.1. The van der Waals surface area contributed by atoms with Crippen molar-refractivity contribution in [3.63, 3.8) is 0 Å². The van der Waals surface area contributed by atoms with Crippen molar-refractivity contribution in [2.75, 3.05) is 13.7 Å². The van der Waals surface area contributed by atoms with Gasteiger partial charge in [0, 0.05) is 24.7 Å². The molecule has 4 heteroatoms. The van der Waals surface area contributed by atoms with Crippen LogP contribution in [0.5, 0.6) is 0 Å². The largest absolute Gasteiger partial charge is 0.466 e. The lowest BCUT2D eigenvalue weighted by Crippen LogP contribution is -2.31. The average molecular weight is 357 g/mol. The molecule has 3 rings (SSSR count). The van der Waals surface area contributed by atoms with E-state index in [4.69, 9.17) is 0 Å². The third-order valence-electron chi connectivity index (χ3n) is 6.06. The van der Waals surface area contributed by atoms with Crippen LogP contribution in [0.2, 0.25) is 0 Å². The van der Waals surface area contributed by atoms with Crippen LogP contribution in [0, 0.1) is 11.8 Å². The molecule has 4 nitrogen and oxygen atoms in total. The maximum Gasteiger partial charge on any atom is 0.330 e. The molecule has 0 spiro atoms. The van der Waals surface area contributed by atoms with Crippen LogP contribution >= 0.6 is 0 Å². The molecule has 1 heterocycles. The van der Waals surface area contributed by atoms with Gasteiger partial charge in [0.1, 0.15) is 0 Å². The van der Waals surface area contributed by atoms with Crippen LogP contribution in [0.1, 0.15) is 50.2 Å². The van der Waals surface area contributed by atoms with E-state index in [0.29, 0.717) is 6.04 Å². The summed E-state index contributed by atoms with van der Waals surface area (Å²) in [6.45, 7) is 4.33. The highest BCUT2D eigenvalue weighted by Gasteiger charge is 2.40. The number of esters is 1. The van der Waals surface area contributed by atoms with Crippen molar-refractivity contribution >= 4 is 12.0 Å². The zero-order valence-corrected chi connectivity index (χ0v) is 16.0. The van der Waals surface area contributed by atoms with Gasteiger partial charge in [-0.15, -0.1) is 0 Å². The molecule has 0 bridgehead atoms. The van der Waals surface area contributed by atoms with Crippen LogP contribution in [0.4, 0.5) is 0 Å². The second-order valence-electron chi connectivity index (χ2n) is 7.74. The van der Waals surface area contributed by atoms with E-state index in [2.05, 4.69) is 34.4 Å². The molecule has 1 aromatic carbocycles. The van der Waals surface area contributed by atoms with Crippen LogP contribution in [-0.4, -0.2) is 31.7 Å². The van der Waals surface area contributed by atoms with Crippen molar-refractivity contribution in [1.29, 1.82) is 0 Å². The van der Waals surface area contributed by atoms with E-state index in [1.807, 2.05) is 12.1 Å². The second kappa shape index (κ2) is 9.33. The molecule has 4 unspecified atom stereocenters. The minimum atomic E-state index is -0.327. The Labute approximate surface area is 157 Å². The van der Waals surface area contributed by atoms with E-state index in [9.17, 15) is 4.79 Å². The average Bonchev–Trinajstić information content (AvgIpc) is 2.99. The molecule has 1 aliphatic carbocycles. The van der Waals surface area contributed by atoms with E-state index in [1.165, 1.54) is 50.9 Å². The summed E-state index contributed by atoms with van der Waals surface area (Å²) >= 11 is 0. The molecule has 1 aromatic rings. The molecule has 4 atom stereocenters. The Kier molecular flexibility index (Phi) is 6.86. The van der Waals surface area contributed by atoms with E-state index in [1.54, 1.807) is 6.08 Å². The van der Waals surface area contributed by atoms with Crippen molar-refractivity contribution in [2.45, 2.75) is 57.7 Å². The van der Waals surface area contributed by atoms with Gasteiger partial charge in [0.05, 0.1) is 7.11 Å². The molecule has 2 aliphatic rings. The standard InChI is InChI=1S/C22H32N2O2/c1-16-19(20-5-3-4-6-21(20)24-16)13-14-23-15-18-9-7-17(8-10-18)11-12-22(25)26-2/h7-12,16,19-21,23-24H,3-6,13-15H2,1-2H3/b12-11+. The van der Waals surface area contributed by atoms with E-state index in [0.717, 1.165) is 36.5 Å². The van der Waals surface area contributed by atoms with Gasteiger partial charge in [0.2, 0.25) is 0 Å². The zero-order valence-electron chi connectivity index (χ0n) is 16.0. The quantitative estimate of drug-likeness (QED) is 0.446. The second-order valence-corrected chi connectivity index (χ2v) is 7.74. The van der Waals surface area contributed by atoms with Gasteiger partial charge in [-0.05, 0) is 61.8 Å². The third kappa shape index (κ3) is 4.95. The molecular formula is C22H32N2O2. The Morgan fingerprint density at radius 3 is 2.81 bits per heavy atom. The lowest BCUT2D eigenvalue weighted by molar-refractivity contribution is -0.134. The summed E-state index contributed by atoms with van der Waals surface area (Å²) in [6, 6.07) is 9.72. The van der Waals surface area contributed by atoms with Gasteiger partial charge in [-0.2, -0.15) is 0 Å². The maximum absolute atomic E-state index is 11.1. The van der Waals surface area contributed by atoms with Gasteiger partial charge < -0.3 is 15.4 Å². The summed E-state index contributed by atoms with van der Waals surface area (Å²) in [5, 5.41) is 7.43. The number of ether oxygens (including phenoxy) is 1. The first-order valence-electron chi connectivity index (χ1n) is 9.99. The lowest BCUT2D eigenvalue weighted by Gasteiger charge is -2.28. The first-order valence-corrected chi connectivity index (χ1v) is 9.99. The van der Waals surface area contributed by atoms with Gasteiger partial charge in [-0.25, -0.2) is 4.79 Å². The molecule has 1 aliphatic heterocycles. The first-order chi connectivity index (χ1) is 12.7. The van der Waals surface area contributed by atoms with Crippen molar-refractivity contribution < 1.29 is 9.53 Å². The summed E-state index contributed by atoms with van der Waals surface area (Å²) in [7, 11) is 1.39.